The number of carbonyl (C=O) groups excluding carboxylic acids is 1. The molecule has 0 atom stereocenters. The van der Waals surface area contributed by atoms with Crippen LogP contribution in [0.3, 0.4) is 0 Å². The third kappa shape index (κ3) is 3.69. The predicted molar refractivity (Wildman–Crippen MR) is 116 cm³/mol. The van der Waals surface area contributed by atoms with E-state index in [0.717, 1.165) is 23.2 Å². The standard InChI is InChI=1S/C23H21N3O4/c1-3-14-7-9-16(10-8-14)26-22-19(23(28)29-4-2)20(27)18(30-22)12-15-13-25-21-17(15)6-5-11-24-21/h5-13,26-27H,3-4H2,1-2H3. The van der Waals surface area contributed by atoms with Gasteiger partial charge in [-0.2, -0.15) is 0 Å². The van der Waals surface area contributed by atoms with Gasteiger partial charge in [0.15, 0.2) is 22.9 Å². The quantitative estimate of drug-likeness (QED) is 0.555. The number of aryl methyl sites for hydroxylation is 1. The minimum absolute atomic E-state index is 0.0513. The van der Waals surface area contributed by atoms with E-state index < -0.39 is 5.97 Å². The molecule has 0 fully saturated rings. The van der Waals surface area contributed by atoms with Crippen LogP contribution < -0.4 is 5.32 Å². The molecular weight excluding hydrogens is 382 g/mol. The van der Waals surface area contributed by atoms with Crippen molar-refractivity contribution in [3.63, 3.8) is 0 Å². The van der Waals surface area contributed by atoms with Gasteiger partial charge in [-0.3, -0.25) is 0 Å². The van der Waals surface area contributed by atoms with Crippen molar-refractivity contribution in [2.75, 3.05) is 11.9 Å². The predicted octanol–water partition coefficient (Wildman–Crippen LogP) is 5.12. The number of carbonyl (C=O) groups is 1. The Bertz CT molecular complexity index is 1140. The van der Waals surface area contributed by atoms with Gasteiger partial charge in [0.1, 0.15) is 0 Å². The number of nitrogens with one attached hydrogen (secondary N) is 1. The van der Waals surface area contributed by atoms with E-state index in [1.807, 2.05) is 30.3 Å². The van der Waals surface area contributed by atoms with Gasteiger partial charge in [-0.25, -0.2) is 14.8 Å². The fourth-order valence-electron chi connectivity index (χ4n) is 3.16. The molecule has 0 spiro atoms. The van der Waals surface area contributed by atoms with Crippen molar-refractivity contribution in [2.24, 2.45) is 4.99 Å². The van der Waals surface area contributed by atoms with Crippen molar-refractivity contribution in [1.29, 1.82) is 0 Å². The van der Waals surface area contributed by atoms with Crippen LogP contribution in [0.5, 0.6) is 5.75 Å². The normalized spacial score (nSPS) is 13.5. The molecule has 3 heterocycles. The SMILES string of the molecule is CCOC(=O)c1c(Nc2ccc(CC)cc2)oc(C=C2C=Nc3ncccc32)c1O. The number of hydrogen-bond acceptors (Lipinski definition) is 7. The summed E-state index contributed by atoms with van der Waals surface area (Å²) in [5, 5.41) is 13.8. The van der Waals surface area contributed by atoms with Crippen molar-refractivity contribution in [1.82, 2.24) is 4.98 Å². The van der Waals surface area contributed by atoms with Crippen LogP contribution in [0.25, 0.3) is 11.6 Å². The Morgan fingerprint density at radius 3 is 2.77 bits per heavy atom. The van der Waals surface area contributed by atoms with Crippen molar-refractivity contribution in [3.05, 3.63) is 65.0 Å². The van der Waals surface area contributed by atoms with Crippen LogP contribution >= 0.6 is 0 Å². The highest BCUT2D eigenvalue weighted by atomic mass is 16.5. The van der Waals surface area contributed by atoms with Crippen molar-refractivity contribution >= 4 is 41.2 Å². The van der Waals surface area contributed by atoms with Crippen LogP contribution in [0.1, 0.15) is 41.1 Å². The lowest BCUT2D eigenvalue weighted by Crippen LogP contribution is -2.06. The van der Waals surface area contributed by atoms with E-state index in [9.17, 15) is 9.90 Å². The van der Waals surface area contributed by atoms with Gasteiger partial charge >= 0.3 is 5.97 Å². The number of esters is 1. The molecule has 0 saturated heterocycles. The minimum atomic E-state index is -0.668. The Morgan fingerprint density at radius 2 is 2.03 bits per heavy atom. The van der Waals surface area contributed by atoms with Crippen LogP contribution in [0, 0.1) is 0 Å². The summed E-state index contributed by atoms with van der Waals surface area (Å²) in [5.41, 5.74) is 3.39. The summed E-state index contributed by atoms with van der Waals surface area (Å²) in [6.45, 7) is 3.95. The second kappa shape index (κ2) is 8.24. The summed E-state index contributed by atoms with van der Waals surface area (Å²) < 4.78 is 10.9. The molecule has 0 saturated carbocycles. The first kappa shape index (κ1) is 19.4. The fraction of sp³-hybridized carbons (Fsp3) is 0.174. The molecule has 152 valence electrons. The number of pyridine rings is 1. The summed E-state index contributed by atoms with van der Waals surface area (Å²) in [5.74, 6) is -0.125. The highest BCUT2D eigenvalue weighted by Gasteiger charge is 2.27. The molecule has 2 N–H and O–H groups in total. The Kier molecular flexibility index (Phi) is 5.34. The van der Waals surface area contributed by atoms with E-state index in [1.54, 1.807) is 31.5 Å². The number of aromatic nitrogens is 1. The average molecular weight is 403 g/mol. The minimum Gasteiger partial charge on any atom is -0.504 e. The number of fused-ring (bicyclic) bond motifs is 1. The maximum atomic E-state index is 12.5. The van der Waals surface area contributed by atoms with Crippen LogP contribution in [0.2, 0.25) is 0 Å². The fourth-order valence-corrected chi connectivity index (χ4v) is 3.16. The van der Waals surface area contributed by atoms with E-state index in [2.05, 4.69) is 22.2 Å². The van der Waals surface area contributed by atoms with Gasteiger partial charge in [0, 0.05) is 29.2 Å². The van der Waals surface area contributed by atoms with Crippen molar-refractivity contribution in [2.45, 2.75) is 20.3 Å². The van der Waals surface area contributed by atoms with E-state index in [4.69, 9.17) is 9.15 Å². The van der Waals surface area contributed by atoms with E-state index in [0.29, 0.717) is 5.82 Å². The number of ether oxygens (including phenoxy) is 1. The number of rotatable bonds is 6. The number of nitrogens with zero attached hydrogens (tertiary/aromatic N) is 2. The number of anilines is 2. The molecule has 1 aliphatic heterocycles. The van der Waals surface area contributed by atoms with Crippen LogP contribution in [0.4, 0.5) is 17.4 Å². The molecule has 1 aliphatic rings. The number of aliphatic imine (C=N–C) groups is 1. The second-order valence-electron chi connectivity index (χ2n) is 6.65. The highest BCUT2D eigenvalue weighted by Crippen LogP contribution is 2.39. The largest absolute Gasteiger partial charge is 0.504 e. The van der Waals surface area contributed by atoms with Crippen LogP contribution in [0.15, 0.2) is 52.0 Å². The van der Waals surface area contributed by atoms with E-state index in [-0.39, 0.29) is 29.6 Å². The molecule has 0 aliphatic carbocycles. The summed E-state index contributed by atoms with van der Waals surface area (Å²) in [7, 11) is 0. The molecule has 1 aromatic carbocycles. The zero-order valence-electron chi connectivity index (χ0n) is 16.7. The van der Waals surface area contributed by atoms with Gasteiger partial charge in [-0.15, -0.1) is 0 Å². The first-order chi connectivity index (χ1) is 14.6. The molecule has 7 nitrogen and oxygen atoms in total. The van der Waals surface area contributed by atoms with E-state index in [1.165, 1.54) is 5.56 Å². The van der Waals surface area contributed by atoms with Gasteiger partial charge in [-0.1, -0.05) is 19.1 Å². The Hall–Kier alpha value is -3.87. The smallest absolute Gasteiger partial charge is 0.347 e. The highest BCUT2D eigenvalue weighted by molar-refractivity contribution is 6.21. The van der Waals surface area contributed by atoms with Gasteiger partial charge in [0.25, 0.3) is 0 Å². The first-order valence-corrected chi connectivity index (χ1v) is 9.70. The Balaban J connectivity index is 1.73. The molecule has 2 aromatic heterocycles. The zero-order chi connectivity index (χ0) is 21.1. The van der Waals surface area contributed by atoms with Gasteiger partial charge in [-0.05, 0) is 49.2 Å². The second-order valence-corrected chi connectivity index (χ2v) is 6.65. The summed E-state index contributed by atoms with van der Waals surface area (Å²) in [6, 6.07) is 11.4. The number of benzene rings is 1. The van der Waals surface area contributed by atoms with Gasteiger partial charge in [0.2, 0.25) is 5.88 Å². The Morgan fingerprint density at radius 1 is 1.23 bits per heavy atom. The molecule has 0 amide bonds. The first-order valence-electron chi connectivity index (χ1n) is 9.70. The Labute approximate surface area is 173 Å². The molecule has 30 heavy (non-hydrogen) atoms. The number of hydrogen-bond donors (Lipinski definition) is 2. The summed E-state index contributed by atoms with van der Waals surface area (Å²) >= 11 is 0. The van der Waals surface area contributed by atoms with Gasteiger partial charge in [0.05, 0.1) is 6.61 Å². The summed E-state index contributed by atoms with van der Waals surface area (Å²) in [6.07, 6.45) is 5.85. The maximum absolute atomic E-state index is 12.5. The number of furan rings is 1. The topological polar surface area (TPSA) is 97.0 Å². The molecule has 0 unspecified atom stereocenters. The monoisotopic (exact) mass is 403 g/mol. The van der Waals surface area contributed by atoms with Gasteiger partial charge < -0.3 is 19.6 Å². The lowest BCUT2D eigenvalue weighted by atomic mass is 10.1. The molecule has 7 heteroatoms. The molecule has 3 aromatic rings. The average Bonchev–Trinajstić information content (AvgIpc) is 3.30. The molecule has 0 radical (unpaired) electrons. The number of allylic oxidation sites excluding steroid dienone is 1. The third-order valence-electron chi connectivity index (χ3n) is 4.72. The lowest BCUT2D eigenvalue weighted by molar-refractivity contribution is 0.0524. The molecule has 0 bridgehead atoms. The van der Waals surface area contributed by atoms with Crippen molar-refractivity contribution < 1.29 is 19.1 Å². The molecular formula is C23H21N3O4. The van der Waals surface area contributed by atoms with Crippen LogP contribution in [-0.4, -0.2) is 28.9 Å². The maximum Gasteiger partial charge on any atom is 0.347 e. The number of aromatic hydroxyl groups is 1. The third-order valence-corrected chi connectivity index (χ3v) is 4.72. The van der Waals surface area contributed by atoms with E-state index >= 15 is 0 Å². The summed E-state index contributed by atoms with van der Waals surface area (Å²) in [4.78, 5) is 20.9. The molecule has 4 rings (SSSR count). The zero-order valence-corrected chi connectivity index (χ0v) is 16.7. The van der Waals surface area contributed by atoms with Crippen LogP contribution in [-0.2, 0) is 11.2 Å². The lowest BCUT2D eigenvalue weighted by Gasteiger charge is -2.06. The van der Waals surface area contributed by atoms with Crippen molar-refractivity contribution in [3.8, 4) is 5.75 Å².